The first-order chi connectivity index (χ1) is 36.8. The maximum Gasteiger partial charge on any atom is 0.123 e. The van der Waals surface area contributed by atoms with Gasteiger partial charge in [0, 0.05) is 29.4 Å². The molecule has 1 aliphatic heterocycles. The molecule has 0 unspecified atom stereocenters. The molecule has 0 amide bonds. The van der Waals surface area contributed by atoms with Crippen LogP contribution in [0.2, 0.25) is 0 Å². The van der Waals surface area contributed by atoms with Gasteiger partial charge in [-0.05, 0) is 233 Å². The summed E-state index contributed by atoms with van der Waals surface area (Å²) >= 11 is 0. The fourth-order valence-electron chi connectivity index (χ4n) is 14.3. The monoisotopic (exact) mass is 1020 g/mol. The maximum atomic E-state index is 13.5. The number of hydrogen-bond acceptors (Lipinski definition) is 6. The summed E-state index contributed by atoms with van der Waals surface area (Å²) in [6.07, 6.45) is 19.5. The standard InChI is InChI=1S/C33H38FN3O.C25H27FN2O.C8H11N/c1-3-33-17-16-32(38,22-35-23(2)24-8-5-4-6-9-24)20-27(33)11-7-10-25-19-31-26(18-30(25)33)21-36-37(31)29-14-12-28(34)13-15-29;1-2-25-11-10-24(16-29-24)14-19(25)5-3-4-17-13-23-18(12-22(17)25)15-27-28(23)21-8-6-20(26)7-9-21;1-7(9)8-5-3-2-4-6-8/h4-6,8-9,12-15,18-19,21,23,27,35,38H,3,7,10-11,16-17,20,22H2,1-2H3;6-9,12-13,15,19H,2-5,10-11,14,16H2,1H3;2-7H,9H2,1H3/t23-,27-,32+,33-;19-,24+,25-;7-/m111/s1. The van der Waals surface area contributed by atoms with Gasteiger partial charge in [0.15, 0.2) is 0 Å². The summed E-state index contributed by atoms with van der Waals surface area (Å²) in [6, 6.07) is 43.5. The lowest BCUT2D eigenvalue weighted by atomic mass is 9.57. The number of ether oxygens (including phenoxy) is 1. The highest BCUT2D eigenvalue weighted by Gasteiger charge is 2.56. The van der Waals surface area contributed by atoms with Gasteiger partial charge in [-0.1, -0.05) is 74.5 Å². The molecule has 3 heterocycles. The Morgan fingerprint density at radius 3 is 1.58 bits per heavy atom. The first-order valence-electron chi connectivity index (χ1n) is 28.3. The van der Waals surface area contributed by atoms with Crippen molar-refractivity contribution in [1.29, 1.82) is 0 Å². The van der Waals surface area contributed by atoms with Crippen LogP contribution >= 0.6 is 0 Å². The minimum absolute atomic E-state index is 0.0786. The topological polar surface area (TPSA) is 106 Å². The summed E-state index contributed by atoms with van der Waals surface area (Å²) < 4.78 is 36.7. The number of aryl methyl sites for hydroxylation is 2. The van der Waals surface area contributed by atoms with Crippen LogP contribution in [0.15, 0.2) is 146 Å². The lowest BCUT2D eigenvalue weighted by Crippen LogP contribution is -2.52. The molecule has 0 bridgehead atoms. The zero-order valence-corrected chi connectivity index (χ0v) is 45.0. The third-order valence-corrected chi connectivity index (χ3v) is 18.8. The molecule has 5 aliphatic rings. The van der Waals surface area contributed by atoms with Crippen molar-refractivity contribution in [3.8, 4) is 11.4 Å². The van der Waals surface area contributed by atoms with Gasteiger partial charge >= 0.3 is 0 Å². The summed E-state index contributed by atoms with van der Waals surface area (Å²) in [5, 5.41) is 27.0. The Morgan fingerprint density at radius 2 is 1.12 bits per heavy atom. The third-order valence-electron chi connectivity index (χ3n) is 18.8. The Kier molecular flexibility index (Phi) is 14.7. The molecule has 2 saturated carbocycles. The number of hydrogen-bond donors (Lipinski definition) is 3. The molecule has 76 heavy (non-hydrogen) atoms. The predicted octanol–water partition coefficient (Wildman–Crippen LogP) is 14.5. The second kappa shape index (κ2) is 21.4. The second-order valence-corrected chi connectivity index (χ2v) is 23.2. The van der Waals surface area contributed by atoms with Gasteiger partial charge in [-0.3, -0.25) is 0 Å². The van der Waals surface area contributed by atoms with Crippen LogP contribution in [0.4, 0.5) is 8.78 Å². The number of nitrogens with one attached hydrogen (secondary N) is 1. The molecule has 8 atom stereocenters. The van der Waals surface area contributed by atoms with Gasteiger partial charge in [0.2, 0.25) is 0 Å². The molecule has 10 heteroatoms. The lowest BCUT2D eigenvalue weighted by Gasteiger charge is -2.50. The molecule has 4 aliphatic carbocycles. The number of epoxide rings is 1. The smallest absolute Gasteiger partial charge is 0.123 e. The van der Waals surface area contributed by atoms with E-state index in [0.29, 0.717) is 12.5 Å². The van der Waals surface area contributed by atoms with Crippen molar-refractivity contribution < 1.29 is 18.6 Å². The molecule has 8 nitrogen and oxygen atoms in total. The van der Waals surface area contributed by atoms with Crippen LogP contribution in [0, 0.1) is 23.5 Å². The van der Waals surface area contributed by atoms with Crippen molar-refractivity contribution in [3.63, 3.8) is 0 Å². The van der Waals surface area contributed by atoms with Crippen molar-refractivity contribution >= 4 is 21.8 Å². The number of fused-ring (bicyclic) bond motifs is 8. The normalized spacial score (nSPS) is 26.3. The fraction of sp³-hybridized carbons (Fsp3) is 0.424. The fourth-order valence-corrected chi connectivity index (χ4v) is 14.3. The molecule has 1 saturated heterocycles. The van der Waals surface area contributed by atoms with Crippen molar-refractivity contribution in [3.05, 3.63) is 191 Å². The van der Waals surface area contributed by atoms with E-state index in [1.165, 1.54) is 96.0 Å². The van der Waals surface area contributed by atoms with Crippen LogP contribution in [-0.2, 0) is 28.4 Å². The Morgan fingerprint density at radius 1 is 0.645 bits per heavy atom. The van der Waals surface area contributed by atoms with Gasteiger partial charge < -0.3 is 20.9 Å². The number of aliphatic hydroxyl groups is 1. The highest BCUT2D eigenvalue weighted by atomic mass is 19.1. The maximum absolute atomic E-state index is 13.5. The first kappa shape index (κ1) is 52.0. The third kappa shape index (κ3) is 10.2. The molecular weight excluding hydrogens is 947 g/mol. The van der Waals surface area contributed by atoms with Crippen LogP contribution < -0.4 is 11.1 Å². The second-order valence-electron chi connectivity index (χ2n) is 23.2. The van der Waals surface area contributed by atoms with Gasteiger partial charge in [0.05, 0.1) is 52.6 Å². The molecule has 3 fully saturated rings. The van der Waals surface area contributed by atoms with E-state index in [1.54, 1.807) is 29.8 Å². The molecular formula is C66H76F2N6O2. The van der Waals surface area contributed by atoms with Crippen molar-refractivity contribution in [1.82, 2.24) is 24.9 Å². The molecule has 396 valence electrons. The van der Waals surface area contributed by atoms with Gasteiger partial charge in [-0.2, -0.15) is 10.2 Å². The van der Waals surface area contributed by atoms with Gasteiger partial charge in [0.25, 0.3) is 0 Å². The van der Waals surface area contributed by atoms with E-state index < -0.39 is 5.60 Å². The Labute approximate surface area is 448 Å². The SMILES string of the molecule is CC[C@@]12CC[C@@](O)(CN[C@H](C)c3ccccc3)C[C@H]1CCCc1cc3c(cnn3-c3ccc(F)cc3)cc12.CC[C@@]12CC[C@@]3(CO3)C[C@H]1CCCc1cc3c(cnn3-c3ccc(F)cc3)cc12.C[C@@H](N)c1ccccc1. The van der Waals surface area contributed by atoms with Crippen molar-refractivity contribution in [2.24, 2.45) is 17.6 Å². The quantitative estimate of drug-likeness (QED) is 0.124. The van der Waals surface area contributed by atoms with Gasteiger partial charge in [-0.15, -0.1) is 0 Å². The number of aromatic nitrogens is 4. The van der Waals surface area contributed by atoms with Crippen LogP contribution in [0.1, 0.15) is 150 Å². The number of rotatable bonds is 9. The highest BCUT2D eigenvalue weighted by Crippen LogP contribution is 2.58. The van der Waals surface area contributed by atoms with Crippen molar-refractivity contribution in [2.75, 3.05) is 13.2 Å². The molecule has 2 aromatic heterocycles. The van der Waals surface area contributed by atoms with E-state index in [2.05, 4.69) is 84.8 Å². The molecule has 8 aromatic rings. The highest BCUT2D eigenvalue weighted by molar-refractivity contribution is 5.84. The summed E-state index contributed by atoms with van der Waals surface area (Å²) in [4.78, 5) is 0. The van der Waals surface area contributed by atoms with E-state index in [-0.39, 0.29) is 40.1 Å². The minimum atomic E-state index is -0.686. The molecule has 13 rings (SSSR count). The van der Waals surface area contributed by atoms with Crippen LogP contribution in [0.3, 0.4) is 0 Å². The zero-order valence-electron chi connectivity index (χ0n) is 45.0. The van der Waals surface area contributed by atoms with E-state index >= 15 is 0 Å². The number of benzene rings is 6. The van der Waals surface area contributed by atoms with Crippen LogP contribution in [0.5, 0.6) is 0 Å². The van der Waals surface area contributed by atoms with E-state index in [4.69, 9.17) is 10.5 Å². The summed E-state index contributed by atoms with van der Waals surface area (Å²) in [5.74, 6) is 0.710. The van der Waals surface area contributed by atoms with Crippen LogP contribution in [-0.4, -0.2) is 49.0 Å². The molecule has 0 radical (unpaired) electrons. The number of nitrogens with zero attached hydrogens (tertiary/aromatic N) is 4. The predicted molar refractivity (Wildman–Crippen MR) is 302 cm³/mol. The summed E-state index contributed by atoms with van der Waals surface area (Å²) in [5.41, 5.74) is 17.8. The zero-order chi connectivity index (χ0) is 52.7. The van der Waals surface area contributed by atoms with Gasteiger partial charge in [0.1, 0.15) is 11.6 Å². The molecule has 1 spiro atoms. The molecule has 6 aromatic carbocycles. The average molecular weight is 1020 g/mol. The minimum Gasteiger partial charge on any atom is -0.389 e. The summed E-state index contributed by atoms with van der Waals surface area (Å²) in [7, 11) is 0. The number of nitrogens with two attached hydrogens (primary N) is 1. The largest absolute Gasteiger partial charge is 0.389 e. The lowest BCUT2D eigenvalue weighted by molar-refractivity contribution is -0.0479. The number of halogens is 2. The Balaban J connectivity index is 0.000000143. The first-order valence-corrected chi connectivity index (χ1v) is 28.3. The molecule has 4 N–H and O–H groups in total. The van der Waals surface area contributed by atoms with E-state index in [9.17, 15) is 13.9 Å². The Bertz CT molecular complexity index is 3260. The van der Waals surface area contributed by atoms with Crippen LogP contribution in [0.25, 0.3) is 33.2 Å². The summed E-state index contributed by atoms with van der Waals surface area (Å²) in [6.45, 7) is 10.5. The van der Waals surface area contributed by atoms with Gasteiger partial charge in [-0.25, -0.2) is 18.1 Å². The average Bonchev–Trinajstić information content (AvgIpc) is 4.02. The van der Waals surface area contributed by atoms with E-state index in [0.717, 1.165) is 91.7 Å². The van der Waals surface area contributed by atoms with E-state index in [1.807, 2.05) is 65.1 Å². The Hall–Kier alpha value is -6.04. The van der Waals surface area contributed by atoms with Crippen molar-refractivity contribution in [2.45, 2.75) is 152 Å².